The molecular formula is C15H23N3. The summed E-state index contributed by atoms with van der Waals surface area (Å²) >= 11 is 0. The lowest BCUT2D eigenvalue weighted by molar-refractivity contribution is 0.138. The number of hydrogen-bond acceptors (Lipinski definition) is 3. The van der Waals surface area contributed by atoms with E-state index in [0.717, 1.165) is 6.04 Å². The van der Waals surface area contributed by atoms with Gasteiger partial charge in [-0.05, 0) is 31.0 Å². The summed E-state index contributed by atoms with van der Waals surface area (Å²) in [6, 6.07) is 7.45. The van der Waals surface area contributed by atoms with Crippen LogP contribution in [0.3, 0.4) is 0 Å². The molecule has 0 saturated carbocycles. The Morgan fingerprint density at radius 3 is 2.39 bits per heavy atom. The second kappa shape index (κ2) is 4.90. The Morgan fingerprint density at radius 2 is 1.78 bits per heavy atom. The summed E-state index contributed by atoms with van der Waals surface area (Å²) in [6.07, 6.45) is 0. The van der Waals surface area contributed by atoms with Gasteiger partial charge in [0.2, 0.25) is 0 Å². The summed E-state index contributed by atoms with van der Waals surface area (Å²) in [5.41, 5.74) is 4.27. The van der Waals surface area contributed by atoms with Crippen LogP contribution in [0.25, 0.3) is 0 Å². The van der Waals surface area contributed by atoms with Gasteiger partial charge in [0, 0.05) is 51.0 Å². The Bertz CT molecular complexity index is 418. The topological polar surface area (TPSA) is 18.5 Å². The molecule has 3 rings (SSSR count). The van der Waals surface area contributed by atoms with Crippen molar-refractivity contribution in [3.63, 3.8) is 0 Å². The van der Waals surface area contributed by atoms with Crippen LogP contribution in [-0.2, 0) is 0 Å². The number of piperazine rings is 1. The molecule has 1 N–H and O–H groups in total. The summed E-state index contributed by atoms with van der Waals surface area (Å²) in [5.74, 6) is 0. The van der Waals surface area contributed by atoms with E-state index in [0.29, 0.717) is 0 Å². The van der Waals surface area contributed by atoms with E-state index in [1.807, 2.05) is 0 Å². The van der Waals surface area contributed by atoms with Gasteiger partial charge >= 0.3 is 0 Å². The molecule has 2 fully saturated rings. The standard InChI is InChI=1S/C15H23N3/c1-12-4-3-5-15(13(12)2)18-8-6-17(7-9-18)14-10-16-11-14/h3-5,14,16H,6-11H2,1-2H3. The number of hydrogen-bond donors (Lipinski definition) is 1. The number of aryl methyl sites for hydroxylation is 1. The van der Waals surface area contributed by atoms with Crippen molar-refractivity contribution in [1.82, 2.24) is 10.2 Å². The van der Waals surface area contributed by atoms with Crippen molar-refractivity contribution in [3.05, 3.63) is 29.3 Å². The zero-order valence-corrected chi connectivity index (χ0v) is 11.4. The van der Waals surface area contributed by atoms with Crippen LogP contribution in [0.2, 0.25) is 0 Å². The van der Waals surface area contributed by atoms with Crippen LogP contribution >= 0.6 is 0 Å². The molecule has 3 heteroatoms. The SMILES string of the molecule is Cc1cccc(N2CCN(C3CNC3)CC2)c1C. The predicted molar refractivity (Wildman–Crippen MR) is 76.4 cm³/mol. The Hall–Kier alpha value is -1.06. The monoisotopic (exact) mass is 245 g/mol. The van der Waals surface area contributed by atoms with Crippen molar-refractivity contribution >= 4 is 5.69 Å². The molecule has 0 bridgehead atoms. The van der Waals surface area contributed by atoms with Crippen LogP contribution < -0.4 is 10.2 Å². The summed E-state index contributed by atoms with van der Waals surface area (Å²) in [5, 5.41) is 3.36. The maximum atomic E-state index is 3.36. The third kappa shape index (κ3) is 2.13. The van der Waals surface area contributed by atoms with Crippen LogP contribution in [0.4, 0.5) is 5.69 Å². The number of nitrogens with one attached hydrogen (secondary N) is 1. The summed E-state index contributed by atoms with van der Waals surface area (Å²) in [7, 11) is 0. The highest BCUT2D eigenvalue weighted by Crippen LogP contribution is 2.24. The van der Waals surface area contributed by atoms with Gasteiger partial charge in [-0.3, -0.25) is 4.90 Å². The van der Waals surface area contributed by atoms with Gasteiger partial charge in [-0.25, -0.2) is 0 Å². The highest BCUT2D eigenvalue weighted by Gasteiger charge is 2.27. The van der Waals surface area contributed by atoms with E-state index in [2.05, 4.69) is 47.2 Å². The molecule has 2 saturated heterocycles. The van der Waals surface area contributed by atoms with Gasteiger partial charge in [0.05, 0.1) is 0 Å². The number of rotatable bonds is 2. The molecule has 2 aliphatic rings. The van der Waals surface area contributed by atoms with Gasteiger partial charge in [-0.15, -0.1) is 0 Å². The van der Waals surface area contributed by atoms with E-state index in [4.69, 9.17) is 0 Å². The Labute approximate surface area is 110 Å². The summed E-state index contributed by atoms with van der Waals surface area (Å²) in [4.78, 5) is 5.18. The number of anilines is 1. The second-order valence-electron chi connectivity index (χ2n) is 5.55. The third-order valence-corrected chi connectivity index (χ3v) is 4.51. The fourth-order valence-electron chi connectivity index (χ4n) is 2.94. The van der Waals surface area contributed by atoms with Crippen LogP contribution in [0, 0.1) is 13.8 Å². The molecular weight excluding hydrogens is 222 g/mol. The molecule has 18 heavy (non-hydrogen) atoms. The molecule has 1 aromatic rings. The van der Waals surface area contributed by atoms with Crippen LogP contribution in [-0.4, -0.2) is 50.2 Å². The molecule has 0 atom stereocenters. The smallest absolute Gasteiger partial charge is 0.0399 e. The van der Waals surface area contributed by atoms with E-state index in [9.17, 15) is 0 Å². The molecule has 0 radical (unpaired) electrons. The van der Waals surface area contributed by atoms with E-state index in [1.54, 1.807) is 0 Å². The van der Waals surface area contributed by atoms with E-state index in [1.165, 1.54) is 56.1 Å². The summed E-state index contributed by atoms with van der Waals surface area (Å²) < 4.78 is 0. The Kier molecular flexibility index (Phi) is 3.27. The minimum atomic E-state index is 0.797. The molecule has 2 aliphatic heterocycles. The largest absolute Gasteiger partial charge is 0.369 e. The van der Waals surface area contributed by atoms with E-state index < -0.39 is 0 Å². The van der Waals surface area contributed by atoms with Crippen LogP contribution in [0.5, 0.6) is 0 Å². The van der Waals surface area contributed by atoms with Gasteiger partial charge in [0.1, 0.15) is 0 Å². The first-order valence-corrected chi connectivity index (χ1v) is 7.01. The van der Waals surface area contributed by atoms with Crippen molar-refractivity contribution in [2.75, 3.05) is 44.2 Å². The number of benzene rings is 1. The maximum Gasteiger partial charge on any atom is 0.0399 e. The lowest BCUT2D eigenvalue weighted by Gasteiger charge is -2.44. The van der Waals surface area contributed by atoms with Crippen molar-refractivity contribution in [2.24, 2.45) is 0 Å². The first-order valence-electron chi connectivity index (χ1n) is 7.01. The van der Waals surface area contributed by atoms with Gasteiger partial charge in [-0.2, -0.15) is 0 Å². The van der Waals surface area contributed by atoms with Gasteiger partial charge in [0.25, 0.3) is 0 Å². The van der Waals surface area contributed by atoms with Crippen molar-refractivity contribution in [1.29, 1.82) is 0 Å². The minimum absolute atomic E-state index is 0.797. The van der Waals surface area contributed by atoms with E-state index in [-0.39, 0.29) is 0 Å². The highest BCUT2D eigenvalue weighted by atomic mass is 15.3. The fourth-order valence-corrected chi connectivity index (χ4v) is 2.94. The van der Waals surface area contributed by atoms with Gasteiger partial charge < -0.3 is 10.2 Å². The van der Waals surface area contributed by atoms with Crippen LogP contribution in [0.15, 0.2) is 18.2 Å². The average molecular weight is 245 g/mol. The molecule has 0 amide bonds. The molecule has 2 heterocycles. The predicted octanol–water partition coefficient (Wildman–Crippen LogP) is 1.40. The quantitative estimate of drug-likeness (QED) is 0.849. The molecule has 0 aliphatic carbocycles. The Morgan fingerprint density at radius 1 is 1.06 bits per heavy atom. The van der Waals surface area contributed by atoms with Crippen molar-refractivity contribution < 1.29 is 0 Å². The normalized spacial score (nSPS) is 22.0. The molecule has 1 aromatic carbocycles. The molecule has 0 aromatic heterocycles. The fraction of sp³-hybridized carbons (Fsp3) is 0.600. The molecule has 3 nitrogen and oxygen atoms in total. The van der Waals surface area contributed by atoms with Crippen molar-refractivity contribution in [2.45, 2.75) is 19.9 Å². The lowest BCUT2D eigenvalue weighted by atomic mass is 10.1. The van der Waals surface area contributed by atoms with Gasteiger partial charge in [-0.1, -0.05) is 12.1 Å². The Balaban J connectivity index is 1.66. The first kappa shape index (κ1) is 12.0. The highest BCUT2D eigenvalue weighted by molar-refractivity contribution is 5.56. The zero-order chi connectivity index (χ0) is 12.5. The maximum absolute atomic E-state index is 3.36. The van der Waals surface area contributed by atoms with E-state index >= 15 is 0 Å². The third-order valence-electron chi connectivity index (χ3n) is 4.51. The van der Waals surface area contributed by atoms with Crippen LogP contribution in [0.1, 0.15) is 11.1 Å². The average Bonchev–Trinajstić information content (AvgIpc) is 2.32. The zero-order valence-electron chi connectivity index (χ0n) is 11.4. The lowest BCUT2D eigenvalue weighted by Crippen LogP contribution is -2.61. The second-order valence-corrected chi connectivity index (χ2v) is 5.55. The molecule has 0 unspecified atom stereocenters. The number of nitrogens with zero attached hydrogens (tertiary/aromatic N) is 2. The summed E-state index contributed by atoms with van der Waals surface area (Å²) in [6.45, 7) is 11.6. The molecule has 0 spiro atoms. The first-order chi connectivity index (χ1) is 8.75. The molecule has 98 valence electrons. The minimum Gasteiger partial charge on any atom is -0.369 e. The van der Waals surface area contributed by atoms with Crippen molar-refractivity contribution in [3.8, 4) is 0 Å². The van der Waals surface area contributed by atoms with Gasteiger partial charge in [0.15, 0.2) is 0 Å².